The van der Waals surface area contributed by atoms with Crippen molar-refractivity contribution in [1.29, 1.82) is 0 Å². The van der Waals surface area contributed by atoms with Gasteiger partial charge in [-0.1, -0.05) is 72.8 Å². The molecule has 158 valence electrons. The molecule has 2 nitrogen and oxygen atoms in total. The van der Waals surface area contributed by atoms with E-state index in [4.69, 9.17) is 5.79 Å². The summed E-state index contributed by atoms with van der Waals surface area (Å²) in [4.78, 5) is 0. The van der Waals surface area contributed by atoms with Crippen LogP contribution in [-0.2, 0) is 7.05 Å². The highest BCUT2D eigenvalue weighted by Crippen LogP contribution is 2.38. The quantitative estimate of drug-likeness (QED) is 0.264. The molecule has 0 radical (unpaired) electrons. The maximum absolute atomic E-state index is 9.00. The first-order valence-electron chi connectivity index (χ1n) is 11.7. The molecule has 0 aliphatic rings. The fraction of sp³-hybridized carbons (Fsp3) is 0.0645. The minimum Gasteiger partial charge on any atom is -0.455 e. The molecule has 33 heavy (non-hydrogen) atoms. The fourth-order valence-corrected chi connectivity index (χ4v) is 4.61. The molecule has 4 aromatic carbocycles. The van der Waals surface area contributed by atoms with Crippen LogP contribution >= 0.6 is 0 Å². The lowest BCUT2D eigenvalue weighted by molar-refractivity contribution is -0.660. The van der Waals surface area contributed by atoms with Gasteiger partial charge in [-0.25, -0.2) is 4.57 Å². The van der Waals surface area contributed by atoms with Crippen LogP contribution in [0.2, 0.25) is 0 Å². The third kappa shape index (κ3) is 3.32. The SMILES string of the molecule is [2H]c1c(-c2ccc(-c3ccccc3)cc2)ccc2c1oc1c(-c3cccc[n+]3C)c(C)ccc12. The Hall–Kier alpha value is -4.17. The first-order valence-corrected chi connectivity index (χ1v) is 11.2. The lowest BCUT2D eigenvalue weighted by atomic mass is 9.98. The molecular weight excluding hydrogens is 402 g/mol. The Labute approximate surface area is 194 Å². The van der Waals surface area contributed by atoms with Gasteiger partial charge in [-0.3, -0.25) is 0 Å². The number of pyridine rings is 1. The number of aryl methyl sites for hydroxylation is 2. The summed E-state index contributed by atoms with van der Waals surface area (Å²) in [5.41, 5.74) is 9.01. The van der Waals surface area contributed by atoms with E-state index >= 15 is 0 Å². The van der Waals surface area contributed by atoms with Crippen molar-refractivity contribution < 1.29 is 10.4 Å². The zero-order valence-electron chi connectivity index (χ0n) is 19.7. The highest BCUT2D eigenvalue weighted by atomic mass is 16.3. The summed E-state index contributed by atoms with van der Waals surface area (Å²) < 4.78 is 17.6. The van der Waals surface area contributed by atoms with Gasteiger partial charge in [0.1, 0.15) is 18.2 Å². The van der Waals surface area contributed by atoms with Gasteiger partial charge in [0.25, 0.3) is 0 Å². The van der Waals surface area contributed by atoms with Crippen molar-refractivity contribution in [2.75, 3.05) is 0 Å². The van der Waals surface area contributed by atoms with Gasteiger partial charge in [0.15, 0.2) is 6.20 Å². The van der Waals surface area contributed by atoms with Gasteiger partial charge >= 0.3 is 0 Å². The lowest BCUT2D eigenvalue weighted by Crippen LogP contribution is -2.30. The van der Waals surface area contributed by atoms with Crippen LogP contribution < -0.4 is 4.57 Å². The molecule has 0 bridgehead atoms. The van der Waals surface area contributed by atoms with Crippen molar-refractivity contribution >= 4 is 21.9 Å². The average molecular weight is 428 g/mol. The summed E-state index contributed by atoms with van der Waals surface area (Å²) in [6.45, 7) is 2.11. The number of nitrogens with zero attached hydrogens (tertiary/aromatic N) is 1. The van der Waals surface area contributed by atoms with Gasteiger partial charge in [0.2, 0.25) is 5.69 Å². The number of hydrogen-bond donors (Lipinski definition) is 0. The molecule has 0 amide bonds. The van der Waals surface area contributed by atoms with E-state index < -0.39 is 0 Å². The van der Waals surface area contributed by atoms with Crippen molar-refractivity contribution in [1.82, 2.24) is 0 Å². The number of benzene rings is 4. The Balaban J connectivity index is 1.51. The number of fused-ring (bicyclic) bond motifs is 3. The van der Waals surface area contributed by atoms with Gasteiger partial charge in [-0.2, -0.15) is 0 Å². The molecule has 2 aromatic heterocycles. The highest BCUT2D eigenvalue weighted by Gasteiger charge is 2.20. The molecule has 0 saturated heterocycles. The smallest absolute Gasteiger partial charge is 0.216 e. The molecule has 0 aliphatic carbocycles. The molecule has 0 fully saturated rings. The molecule has 6 aromatic rings. The second-order valence-electron chi connectivity index (χ2n) is 8.49. The van der Waals surface area contributed by atoms with E-state index in [1.165, 1.54) is 5.56 Å². The maximum Gasteiger partial charge on any atom is 0.216 e. The molecular formula is C31H24NO+. The standard InChI is InChI=1S/C31H24NO/c1-21-11-17-27-26-18-16-25(24-14-12-23(13-15-24)22-8-4-3-5-9-22)20-29(26)33-31(27)30(21)28-10-6-7-19-32(28)2/h3-20H,1-2H3/q+1/i20D. The molecule has 0 saturated carbocycles. The number of hydrogen-bond acceptors (Lipinski definition) is 1. The second kappa shape index (κ2) is 7.75. The van der Waals surface area contributed by atoms with Crippen LogP contribution in [0.3, 0.4) is 0 Å². The minimum atomic E-state index is 0.419. The molecule has 0 atom stereocenters. The van der Waals surface area contributed by atoms with Crippen LogP contribution in [0.1, 0.15) is 6.93 Å². The third-order valence-electron chi connectivity index (χ3n) is 6.38. The summed E-state index contributed by atoms with van der Waals surface area (Å²) in [5, 5.41) is 2.02. The van der Waals surface area contributed by atoms with Crippen LogP contribution in [0.15, 0.2) is 114 Å². The first kappa shape index (κ1) is 18.4. The van der Waals surface area contributed by atoms with Gasteiger partial charge < -0.3 is 4.42 Å². The van der Waals surface area contributed by atoms with Crippen molar-refractivity contribution in [2.24, 2.45) is 7.05 Å². The zero-order valence-corrected chi connectivity index (χ0v) is 18.7. The van der Waals surface area contributed by atoms with Crippen LogP contribution in [0, 0.1) is 6.92 Å². The first-order chi connectivity index (χ1) is 16.6. The van der Waals surface area contributed by atoms with Gasteiger partial charge in [0, 0.05) is 22.9 Å². The van der Waals surface area contributed by atoms with E-state index in [-0.39, 0.29) is 0 Å². The Kier molecular flexibility index (Phi) is 4.32. The molecule has 2 heteroatoms. The second-order valence-corrected chi connectivity index (χ2v) is 8.49. The summed E-state index contributed by atoms with van der Waals surface area (Å²) in [6, 6.07) is 33.7. The van der Waals surface area contributed by atoms with E-state index in [9.17, 15) is 0 Å². The normalized spacial score (nSPS) is 11.8. The van der Waals surface area contributed by atoms with Crippen LogP contribution in [0.25, 0.3) is 55.4 Å². The Bertz CT molecular complexity index is 1660. The Morgan fingerprint density at radius 2 is 1.30 bits per heavy atom. The van der Waals surface area contributed by atoms with Crippen molar-refractivity contribution in [3.8, 4) is 33.5 Å². The average Bonchev–Trinajstić information content (AvgIpc) is 3.25. The largest absolute Gasteiger partial charge is 0.455 e. The van der Waals surface area contributed by atoms with Gasteiger partial charge in [0.05, 0.1) is 6.93 Å². The maximum atomic E-state index is 9.00. The molecule has 6 rings (SSSR count). The van der Waals surface area contributed by atoms with Crippen LogP contribution in [-0.4, -0.2) is 0 Å². The van der Waals surface area contributed by atoms with Crippen LogP contribution in [0.5, 0.6) is 0 Å². The summed E-state index contributed by atoms with van der Waals surface area (Å²) >= 11 is 0. The molecule has 0 N–H and O–H groups in total. The third-order valence-corrected chi connectivity index (χ3v) is 6.38. The van der Waals surface area contributed by atoms with E-state index in [0.717, 1.165) is 49.9 Å². The molecule has 0 aliphatic heterocycles. The molecule has 0 unspecified atom stereocenters. The highest BCUT2D eigenvalue weighted by molar-refractivity contribution is 6.10. The summed E-state index contributed by atoms with van der Waals surface area (Å²) in [5.74, 6) is 0. The van der Waals surface area contributed by atoms with E-state index in [0.29, 0.717) is 11.6 Å². The summed E-state index contributed by atoms with van der Waals surface area (Å²) in [6.07, 6.45) is 2.05. The van der Waals surface area contributed by atoms with E-state index in [1.807, 2.05) is 49.6 Å². The number of aromatic nitrogens is 1. The number of rotatable bonds is 3. The fourth-order valence-electron chi connectivity index (χ4n) is 4.61. The van der Waals surface area contributed by atoms with E-state index in [1.54, 1.807) is 0 Å². The van der Waals surface area contributed by atoms with Gasteiger partial charge in [-0.15, -0.1) is 0 Å². The molecule has 2 heterocycles. The molecule has 0 spiro atoms. The predicted octanol–water partition coefficient (Wildman–Crippen LogP) is 7.72. The van der Waals surface area contributed by atoms with Crippen LogP contribution in [0.4, 0.5) is 0 Å². The zero-order chi connectivity index (χ0) is 23.2. The van der Waals surface area contributed by atoms with Gasteiger partial charge in [-0.05, 0) is 52.9 Å². The monoisotopic (exact) mass is 427 g/mol. The Morgan fingerprint density at radius 3 is 2.06 bits per heavy atom. The number of furan rings is 1. The van der Waals surface area contributed by atoms with Crippen molar-refractivity contribution in [3.63, 3.8) is 0 Å². The topological polar surface area (TPSA) is 17.0 Å². The summed E-state index contributed by atoms with van der Waals surface area (Å²) in [7, 11) is 2.05. The lowest BCUT2D eigenvalue weighted by Gasteiger charge is -2.05. The van der Waals surface area contributed by atoms with E-state index in [2.05, 4.69) is 72.2 Å². The van der Waals surface area contributed by atoms with Crippen molar-refractivity contribution in [3.05, 3.63) is 115 Å². The Morgan fingerprint density at radius 1 is 0.667 bits per heavy atom. The van der Waals surface area contributed by atoms with Crippen molar-refractivity contribution in [2.45, 2.75) is 6.92 Å². The minimum absolute atomic E-state index is 0.419. The predicted molar refractivity (Wildman–Crippen MR) is 136 cm³/mol.